The summed E-state index contributed by atoms with van der Waals surface area (Å²) in [4.78, 5) is 15.8. The normalized spacial score (nSPS) is 28.2. The summed E-state index contributed by atoms with van der Waals surface area (Å²) in [5.74, 6) is 0.201. The van der Waals surface area contributed by atoms with Crippen LogP contribution in [0.4, 0.5) is 0 Å². The molecule has 1 atom stereocenters. The Morgan fingerprint density at radius 3 is 3.06 bits per heavy atom. The Hall–Kier alpha value is -0.870. The molecule has 3 rings (SSSR count). The molecule has 2 aliphatic heterocycles. The molecule has 0 saturated carbocycles. The van der Waals surface area contributed by atoms with E-state index >= 15 is 0 Å². The molecule has 3 heterocycles. The fourth-order valence-electron chi connectivity index (χ4n) is 3.01. The van der Waals surface area contributed by atoms with E-state index in [4.69, 9.17) is 4.74 Å². The molecule has 0 radical (unpaired) electrons. The molecule has 0 bridgehead atoms. The zero-order chi connectivity index (χ0) is 11.9. The Bertz CT molecular complexity index is 429. The number of hydrogen-bond acceptors (Lipinski definition) is 3. The lowest BCUT2D eigenvalue weighted by atomic mass is 9.95. The average molecular weight is 251 g/mol. The number of thiophene rings is 1. The summed E-state index contributed by atoms with van der Waals surface area (Å²) in [6, 6.07) is 1.95. The largest absolute Gasteiger partial charge is 0.379 e. The summed E-state index contributed by atoms with van der Waals surface area (Å²) in [5, 5.41) is 2.00. The van der Waals surface area contributed by atoms with Gasteiger partial charge in [0.05, 0.1) is 17.7 Å². The van der Waals surface area contributed by atoms with Gasteiger partial charge in [-0.1, -0.05) is 0 Å². The molecule has 17 heavy (non-hydrogen) atoms. The summed E-state index contributed by atoms with van der Waals surface area (Å²) >= 11 is 1.64. The molecular weight excluding hydrogens is 234 g/mol. The Morgan fingerprint density at radius 1 is 1.53 bits per heavy atom. The highest BCUT2D eigenvalue weighted by atomic mass is 32.1. The summed E-state index contributed by atoms with van der Waals surface area (Å²) in [5.41, 5.74) is 0.883. The number of likely N-dealkylation sites (tertiary alicyclic amines) is 1. The van der Waals surface area contributed by atoms with E-state index < -0.39 is 0 Å². The predicted molar refractivity (Wildman–Crippen MR) is 67.5 cm³/mol. The molecule has 0 unspecified atom stereocenters. The van der Waals surface area contributed by atoms with Crippen LogP contribution in [0.2, 0.25) is 0 Å². The molecule has 1 spiro atoms. The zero-order valence-electron chi connectivity index (χ0n) is 10.1. The van der Waals surface area contributed by atoms with Crippen molar-refractivity contribution in [2.24, 2.45) is 0 Å². The van der Waals surface area contributed by atoms with Gasteiger partial charge >= 0.3 is 0 Å². The van der Waals surface area contributed by atoms with E-state index in [0.717, 1.165) is 49.5 Å². The quantitative estimate of drug-likeness (QED) is 0.767. The van der Waals surface area contributed by atoms with Gasteiger partial charge in [-0.2, -0.15) is 0 Å². The van der Waals surface area contributed by atoms with Gasteiger partial charge in [0.1, 0.15) is 0 Å². The van der Waals surface area contributed by atoms with Gasteiger partial charge < -0.3 is 9.64 Å². The van der Waals surface area contributed by atoms with Gasteiger partial charge in [-0.15, -0.1) is 11.3 Å². The Balaban J connectivity index is 1.89. The van der Waals surface area contributed by atoms with E-state index in [1.165, 1.54) is 0 Å². The van der Waals surface area contributed by atoms with E-state index in [9.17, 15) is 4.79 Å². The van der Waals surface area contributed by atoms with E-state index in [0.29, 0.717) is 0 Å². The van der Waals surface area contributed by atoms with E-state index in [1.807, 2.05) is 18.4 Å². The second-order valence-corrected chi connectivity index (χ2v) is 6.10. The van der Waals surface area contributed by atoms with Crippen LogP contribution in [0.15, 0.2) is 11.4 Å². The van der Waals surface area contributed by atoms with Crippen molar-refractivity contribution in [1.82, 2.24) is 4.90 Å². The molecule has 92 valence electrons. The van der Waals surface area contributed by atoms with Gasteiger partial charge in [0.2, 0.25) is 0 Å². The lowest BCUT2D eigenvalue weighted by Gasteiger charge is -2.33. The summed E-state index contributed by atoms with van der Waals surface area (Å²) in [6.45, 7) is 4.43. The van der Waals surface area contributed by atoms with Gasteiger partial charge in [-0.25, -0.2) is 0 Å². The minimum atomic E-state index is 0.00542. The Kier molecular flexibility index (Phi) is 2.71. The molecule has 1 amide bonds. The van der Waals surface area contributed by atoms with Crippen molar-refractivity contribution in [2.45, 2.75) is 31.7 Å². The third-order valence-electron chi connectivity index (χ3n) is 4.01. The molecule has 2 saturated heterocycles. The molecule has 0 aromatic carbocycles. The number of hydrogen-bond donors (Lipinski definition) is 0. The Morgan fingerprint density at radius 2 is 2.41 bits per heavy atom. The number of nitrogens with zero attached hydrogens (tertiary/aromatic N) is 1. The molecule has 0 N–H and O–H groups in total. The maximum absolute atomic E-state index is 12.6. The third-order valence-corrected chi connectivity index (χ3v) is 4.86. The number of carbonyl (C=O) groups excluding carboxylic acids is 1. The maximum atomic E-state index is 12.6. The number of amides is 1. The summed E-state index contributed by atoms with van der Waals surface area (Å²) < 4.78 is 5.52. The second-order valence-electron chi connectivity index (χ2n) is 4.98. The molecule has 0 aliphatic carbocycles. The zero-order valence-corrected chi connectivity index (χ0v) is 10.9. The molecule has 3 nitrogen and oxygen atoms in total. The van der Waals surface area contributed by atoms with Gasteiger partial charge in [-0.3, -0.25) is 4.79 Å². The van der Waals surface area contributed by atoms with Gasteiger partial charge in [0.25, 0.3) is 5.91 Å². The lowest BCUT2D eigenvalue weighted by Crippen LogP contribution is -2.47. The fourth-order valence-corrected chi connectivity index (χ4v) is 3.70. The van der Waals surface area contributed by atoms with E-state index in [2.05, 4.69) is 4.90 Å². The van der Waals surface area contributed by atoms with E-state index in [1.54, 1.807) is 11.3 Å². The van der Waals surface area contributed by atoms with Crippen LogP contribution in [0.3, 0.4) is 0 Å². The molecule has 1 aromatic heterocycles. The number of ether oxygens (including phenoxy) is 1. The highest BCUT2D eigenvalue weighted by Crippen LogP contribution is 2.37. The van der Waals surface area contributed by atoms with Crippen molar-refractivity contribution in [3.8, 4) is 0 Å². The van der Waals surface area contributed by atoms with Gasteiger partial charge in [-0.05, 0) is 37.6 Å². The van der Waals surface area contributed by atoms with Crippen molar-refractivity contribution in [2.75, 3.05) is 19.8 Å². The van der Waals surface area contributed by atoms with Gasteiger partial charge in [0.15, 0.2) is 0 Å². The van der Waals surface area contributed by atoms with Crippen LogP contribution in [0.1, 0.15) is 34.5 Å². The number of carbonyl (C=O) groups is 1. The lowest BCUT2D eigenvalue weighted by molar-refractivity contribution is 0.0550. The SMILES string of the molecule is Cc1sccc1C(=O)N1CCC[C@@]12CCOC2. The fraction of sp³-hybridized carbons (Fsp3) is 0.615. The van der Waals surface area contributed by atoms with Crippen LogP contribution in [0.25, 0.3) is 0 Å². The van der Waals surface area contributed by atoms with E-state index in [-0.39, 0.29) is 11.4 Å². The smallest absolute Gasteiger partial charge is 0.255 e. The standard InChI is InChI=1S/C13H17NO2S/c1-10-11(3-8-17-10)12(15)14-6-2-4-13(14)5-7-16-9-13/h3,8H,2,4-7,9H2,1H3/t13-/m0/s1. The average Bonchev–Trinajstić information content (AvgIpc) is 3.01. The third kappa shape index (κ3) is 1.70. The predicted octanol–water partition coefficient (Wildman–Crippen LogP) is 2.45. The monoisotopic (exact) mass is 251 g/mol. The first kappa shape index (κ1) is 11.2. The Labute approximate surface area is 105 Å². The highest BCUT2D eigenvalue weighted by molar-refractivity contribution is 7.10. The van der Waals surface area contributed by atoms with Crippen LogP contribution >= 0.6 is 11.3 Å². The summed E-state index contributed by atoms with van der Waals surface area (Å²) in [6.07, 6.45) is 3.21. The first-order valence-corrected chi connectivity index (χ1v) is 7.05. The van der Waals surface area contributed by atoms with Crippen LogP contribution < -0.4 is 0 Å². The van der Waals surface area contributed by atoms with Crippen LogP contribution in [0.5, 0.6) is 0 Å². The summed E-state index contributed by atoms with van der Waals surface area (Å²) in [7, 11) is 0. The van der Waals surface area contributed by atoms with Crippen molar-refractivity contribution in [1.29, 1.82) is 0 Å². The number of aryl methyl sites for hydroxylation is 1. The topological polar surface area (TPSA) is 29.5 Å². The first-order valence-electron chi connectivity index (χ1n) is 6.17. The van der Waals surface area contributed by atoms with Crippen molar-refractivity contribution < 1.29 is 9.53 Å². The molecule has 1 aromatic rings. The minimum absolute atomic E-state index is 0.00542. The first-order chi connectivity index (χ1) is 8.23. The van der Waals surface area contributed by atoms with Gasteiger partial charge in [0, 0.05) is 18.0 Å². The maximum Gasteiger partial charge on any atom is 0.255 e. The molecule has 2 fully saturated rings. The number of rotatable bonds is 1. The van der Waals surface area contributed by atoms with Crippen LogP contribution in [-0.4, -0.2) is 36.1 Å². The molecule has 4 heteroatoms. The molecular formula is C13H17NO2S. The van der Waals surface area contributed by atoms with Crippen molar-refractivity contribution in [3.05, 3.63) is 21.9 Å². The van der Waals surface area contributed by atoms with Crippen molar-refractivity contribution >= 4 is 17.2 Å². The second kappa shape index (κ2) is 4.10. The molecule has 2 aliphatic rings. The highest BCUT2D eigenvalue weighted by Gasteiger charge is 2.46. The van der Waals surface area contributed by atoms with Crippen LogP contribution in [0, 0.1) is 6.92 Å². The minimum Gasteiger partial charge on any atom is -0.379 e. The van der Waals surface area contributed by atoms with Crippen molar-refractivity contribution in [3.63, 3.8) is 0 Å². The van der Waals surface area contributed by atoms with Crippen LogP contribution in [-0.2, 0) is 4.74 Å².